The number of aromatic nitrogens is 2. The molecule has 0 spiro atoms. The molecule has 0 N–H and O–H groups in total. The van der Waals surface area contributed by atoms with E-state index < -0.39 is 0 Å². The van der Waals surface area contributed by atoms with Crippen molar-refractivity contribution in [3.05, 3.63) is 89.0 Å². The lowest BCUT2D eigenvalue weighted by atomic mass is 9.99. The summed E-state index contributed by atoms with van der Waals surface area (Å²) in [6.45, 7) is 5.26. The van der Waals surface area contributed by atoms with Crippen LogP contribution in [0.3, 0.4) is 0 Å². The van der Waals surface area contributed by atoms with Crippen LogP contribution in [0, 0.1) is 6.92 Å². The van der Waals surface area contributed by atoms with Gasteiger partial charge < -0.3 is 4.57 Å². The van der Waals surface area contributed by atoms with Crippen LogP contribution in [0.25, 0.3) is 0 Å². The van der Waals surface area contributed by atoms with E-state index in [-0.39, 0.29) is 0 Å². The summed E-state index contributed by atoms with van der Waals surface area (Å²) in [6.07, 6.45) is 8.47. The van der Waals surface area contributed by atoms with E-state index in [0.717, 1.165) is 19.4 Å². The molecule has 2 nitrogen and oxygen atoms in total. The van der Waals surface area contributed by atoms with Crippen molar-refractivity contribution in [3.63, 3.8) is 0 Å². The predicted molar refractivity (Wildman–Crippen MR) is 100 cm³/mol. The minimum absolute atomic E-state index is 0.904. The summed E-state index contributed by atoms with van der Waals surface area (Å²) in [5.74, 6) is 1.20. The van der Waals surface area contributed by atoms with E-state index in [0.29, 0.717) is 0 Å². The number of unbranched alkanes of at least 4 members (excludes halogenated alkanes) is 1. The summed E-state index contributed by atoms with van der Waals surface area (Å²) in [4.78, 5) is 4.54. The molecule has 2 heteroatoms. The van der Waals surface area contributed by atoms with E-state index in [2.05, 4.69) is 78.1 Å². The van der Waals surface area contributed by atoms with Gasteiger partial charge in [-0.05, 0) is 36.5 Å². The second-order valence-electron chi connectivity index (χ2n) is 6.51. The first-order valence-electron chi connectivity index (χ1n) is 8.88. The van der Waals surface area contributed by atoms with Gasteiger partial charge in [-0.1, -0.05) is 67.4 Å². The SMILES string of the molecule is CCCCc1nccn1Cc1ccccc1Cc1ccc(C)cc1. The van der Waals surface area contributed by atoms with Gasteiger partial charge in [0.2, 0.25) is 0 Å². The Bertz CT molecular complexity index is 769. The minimum atomic E-state index is 0.904. The highest BCUT2D eigenvalue weighted by molar-refractivity contribution is 5.34. The number of nitrogens with zero attached hydrogens (tertiary/aromatic N) is 2. The van der Waals surface area contributed by atoms with Gasteiger partial charge in [0.15, 0.2) is 0 Å². The number of hydrogen-bond acceptors (Lipinski definition) is 1. The molecule has 3 rings (SSSR count). The average molecular weight is 318 g/mol. The van der Waals surface area contributed by atoms with Crippen LogP contribution in [0.4, 0.5) is 0 Å². The van der Waals surface area contributed by atoms with E-state index in [1.165, 1.54) is 40.9 Å². The molecule has 0 radical (unpaired) electrons. The molecule has 2 aromatic carbocycles. The number of hydrogen-bond donors (Lipinski definition) is 0. The Kier molecular flexibility index (Phi) is 5.47. The Hall–Kier alpha value is -2.35. The summed E-state index contributed by atoms with van der Waals surface area (Å²) in [5, 5.41) is 0. The van der Waals surface area contributed by atoms with Crippen LogP contribution in [-0.4, -0.2) is 9.55 Å². The molecule has 3 aromatic rings. The van der Waals surface area contributed by atoms with Gasteiger partial charge in [-0.2, -0.15) is 0 Å². The van der Waals surface area contributed by atoms with Crippen LogP contribution in [0.2, 0.25) is 0 Å². The lowest BCUT2D eigenvalue weighted by Crippen LogP contribution is -2.07. The average Bonchev–Trinajstić information content (AvgIpc) is 3.04. The van der Waals surface area contributed by atoms with Gasteiger partial charge in [0.1, 0.15) is 5.82 Å². The molecule has 0 bridgehead atoms. The third-order valence-corrected chi connectivity index (χ3v) is 4.53. The highest BCUT2D eigenvalue weighted by Crippen LogP contribution is 2.17. The zero-order valence-electron chi connectivity index (χ0n) is 14.7. The summed E-state index contributed by atoms with van der Waals surface area (Å²) in [5.41, 5.74) is 5.46. The molecular formula is C22H26N2. The molecule has 0 saturated carbocycles. The standard InChI is InChI=1S/C22H26N2/c1-3-4-9-22-23-14-15-24(22)17-21-8-6-5-7-20(21)16-19-12-10-18(2)11-13-19/h5-8,10-15H,3-4,9,16-17H2,1-2H3. The van der Waals surface area contributed by atoms with Gasteiger partial charge >= 0.3 is 0 Å². The molecule has 1 aromatic heterocycles. The Balaban J connectivity index is 1.79. The zero-order valence-corrected chi connectivity index (χ0v) is 14.7. The van der Waals surface area contributed by atoms with Gasteiger partial charge in [-0.25, -0.2) is 4.98 Å². The third kappa shape index (κ3) is 4.14. The summed E-state index contributed by atoms with van der Waals surface area (Å²) >= 11 is 0. The van der Waals surface area contributed by atoms with Gasteiger partial charge in [-0.3, -0.25) is 0 Å². The van der Waals surface area contributed by atoms with Crippen molar-refractivity contribution in [2.45, 2.75) is 46.1 Å². The number of benzene rings is 2. The van der Waals surface area contributed by atoms with E-state index in [1.54, 1.807) is 0 Å². The van der Waals surface area contributed by atoms with Crippen molar-refractivity contribution in [1.29, 1.82) is 0 Å². The first-order chi connectivity index (χ1) is 11.8. The highest BCUT2D eigenvalue weighted by atomic mass is 15.1. The van der Waals surface area contributed by atoms with Gasteiger partial charge in [0.05, 0.1) is 0 Å². The molecule has 0 aliphatic rings. The molecule has 0 aliphatic carbocycles. The van der Waals surface area contributed by atoms with E-state index >= 15 is 0 Å². The van der Waals surface area contributed by atoms with Crippen LogP contribution in [0.15, 0.2) is 60.9 Å². The third-order valence-electron chi connectivity index (χ3n) is 4.53. The Morgan fingerprint density at radius 3 is 2.46 bits per heavy atom. The van der Waals surface area contributed by atoms with Crippen LogP contribution in [0.1, 0.15) is 47.8 Å². The maximum atomic E-state index is 4.54. The quantitative estimate of drug-likeness (QED) is 0.587. The Labute approximate surface area is 145 Å². The minimum Gasteiger partial charge on any atom is -0.331 e. The van der Waals surface area contributed by atoms with Crippen LogP contribution in [-0.2, 0) is 19.4 Å². The van der Waals surface area contributed by atoms with E-state index in [9.17, 15) is 0 Å². The summed E-state index contributed by atoms with van der Waals surface area (Å²) in [7, 11) is 0. The van der Waals surface area contributed by atoms with Crippen molar-refractivity contribution in [1.82, 2.24) is 9.55 Å². The van der Waals surface area contributed by atoms with Crippen molar-refractivity contribution in [2.75, 3.05) is 0 Å². The maximum Gasteiger partial charge on any atom is 0.108 e. The van der Waals surface area contributed by atoms with Crippen LogP contribution < -0.4 is 0 Å². The van der Waals surface area contributed by atoms with Crippen molar-refractivity contribution in [3.8, 4) is 0 Å². The first kappa shape index (κ1) is 16.5. The monoisotopic (exact) mass is 318 g/mol. The summed E-state index contributed by atoms with van der Waals surface area (Å²) < 4.78 is 2.30. The molecule has 0 atom stereocenters. The van der Waals surface area contributed by atoms with Crippen LogP contribution >= 0.6 is 0 Å². The lowest BCUT2D eigenvalue weighted by molar-refractivity contribution is 0.675. The molecule has 0 amide bonds. The van der Waals surface area contributed by atoms with E-state index in [4.69, 9.17) is 0 Å². The molecule has 0 unspecified atom stereocenters. The molecule has 1 heterocycles. The molecular weight excluding hydrogens is 292 g/mol. The van der Waals surface area contributed by atoms with Gasteiger partial charge in [-0.15, -0.1) is 0 Å². The smallest absolute Gasteiger partial charge is 0.108 e. The zero-order chi connectivity index (χ0) is 16.8. The van der Waals surface area contributed by atoms with E-state index in [1.807, 2.05) is 6.20 Å². The van der Waals surface area contributed by atoms with Crippen LogP contribution in [0.5, 0.6) is 0 Å². The van der Waals surface area contributed by atoms with Crippen molar-refractivity contribution in [2.24, 2.45) is 0 Å². The number of imidazole rings is 1. The largest absolute Gasteiger partial charge is 0.331 e. The Morgan fingerprint density at radius 2 is 1.71 bits per heavy atom. The second-order valence-corrected chi connectivity index (χ2v) is 6.51. The molecule has 124 valence electrons. The first-order valence-corrected chi connectivity index (χ1v) is 8.88. The lowest BCUT2D eigenvalue weighted by Gasteiger charge is -2.13. The van der Waals surface area contributed by atoms with Crippen molar-refractivity contribution < 1.29 is 0 Å². The normalized spacial score (nSPS) is 10.9. The molecule has 0 saturated heterocycles. The van der Waals surface area contributed by atoms with Gasteiger partial charge in [0, 0.05) is 25.4 Å². The molecule has 24 heavy (non-hydrogen) atoms. The fourth-order valence-electron chi connectivity index (χ4n) is 3.04. The highest BCUT2D eigenvalue weighted by Gasteiger charge is 2.07. The summed E-state index contributed by atoms with van der Waals surface area (Å²) in [6, 6.07) is 17.6. The van der Waals surface area contributed by atoms with Gasteiger partial charge in [0.25, 0.3) is 0 Å². The molecule has 0 aliphatic heterocycles. The second kappa shape index (κ2) is 7.96. The fourth-order valence-corrected chi connectivity index (χ4v) is 3.04. The maximum absolute atomic E-state index is 4.54. The fraction of sp³-hybridized carbons (Fsp3) is 0.318. The van der Waals surface area contributed by atoms with Crippen molar-refractivity contribution >= 4 is 0 Å². The predicted octanol–water partition coefficient (Wildman–Crippen LogP) is 5.17. The number of rotatable bonds is 7. The number of aryl methyl sites for hydroxylation is 2. The topological polar surface area (TPSA) is 17.8 Å². The Morgan fingerprint density at radius 1 is 0.958 bits per heavy atom. The molecule has 0 fully saturated rings.